The first-order chi connectivity index (χ1) is 1.00. The van der Waals surface area contributed by atoms with E-state index in [4.69, 9.17) is 4.46 Å². The summed E-state index contributed by atoms with van der Waals surface area (Å²) in [6.07, 6.45) is 0. The standard InChI is InChI=1S/Fe.Li.OSi/c;;1-2. The zero-order chi connectivity index (χ0) is 2.00. The summed E-state index contributed by atoms with van der Waals surface area (Å²) in [6, 6.07) is 0. The Labute approximate surface area is 50.7 Å². The van der Waals surface area contributed by atoms with Crippen molar-refractivity contribution >= 4 is 29.0 Å². The molecule has 0 bridgehead atoms. The normalized spacial score (nSPS) is 1.00. The van der Waals surface area contributed by atoms with Gasteiger partial charge in [0, 0.05) is 35.9 Å². The van der Waals surface area contributed by atoms with Crippen LogP contribution in [-0.2, 0) is 21.5 Å². The summed E-state index contributed by atoms with van der Waals surface area (Å²) >= 11 is 0. The van der Waals surface area contributed by atoms with Crippen LogP contribution in [0.4, 0.5) is 0 Å². The fraction of sp³-hybridized carbons (Fsp3) is 0. The Kier molecular flexibility index (Phi) is 152. The summed E-state index contributed by atoms with van der Waals surface area (Å²) < 4.78 is 8.06. The molecule has 0 fully saturated rings. The molecule has 0 amide bonds. The first-order valence-corrected chi connectivity index (χ1v) is 0.612. The van der Waals surface area contributed by atoms with E-state index in [0.29, 0.717) is 0 Å². The van der Waals surface area contributed by atoms with Gasteiger partial charge in [0.15, 0.2) is 0 Å². The summed E-state index contributed by atoms with van der Waals surface area (Å²) in [6.45, 7) is 0. The SMILES string of the molecule is O=[Si].[Fe].[Li]. The maximum absolute atomic E-state index is 8.06. The third kappa shape index (κ3) is 11.1. The molecule has 0 aliphatic heterocycles. The molecule has 0 aromatic rings. The molecule has 0 N–H and O–H groups in total. The van der Waals surface area contributed by atoms with E-state index < -0.39 is 0 Å². The van der Waals surface area contributed by atoms with Crippen molar-refractivity contribution in [1.82, 2.24) is 0 Å². The molecule has 0 aromatic carbocycles. The van der Waals surface area contributed by atoms with Crippen LogP contribution >= 0.6 is 0 Å². The Morgan fingerprint density at radius 1 is 1.25 bits per heavy atom. The molecule has 4 heteroatoms. The van der Waals surface area contributed by atoms with Crippen LogP contribution in [0.25, 0.3) is 0 Å². The van der Waals surface area contributed by atoms with Gasteiger partial charge in [-0.1, -0.05) is 0 Å². The molecule has 0 saturated carbocycles. The van der Waals surface area contributed by atoms with Crippen molar-refractivity contribution in [3.05, 3.63) is 0 Å². The van der Waals surface area contributed by atoms with E-state index in [1.807, 2.05) is 0 Å². The van der Waals surface area contributed by atoms with Crippen LogP contribution in [0.1, 0.15) is 0 Å². The van der Waals surface area contributed by atoms with Crippen LogP contribution < -0.4 is 0 Å². The number of hydrogen-bond donors (Lipinski definition) is 0. The number of hydrogen-bond acceptors (Lipinski definition) is 1. The maximum Gasteiger partial charge on any atom is 0.381 e. The molecule has 0 aliphatic carbocycles. The van der Waals surface area contributed by atoms with E-state index in [-0.39, 0.29) is 35.9 Å². The van der Waals surface area contributed by atoms with E-state index in [1.165, 1.54) is 0 Å². The minimum atomic E-state index is 0. The van der Waals surface area contributed by atoms with E-state index in [0.717, 1.165) is 0 Å². The topological polar surface area (TPSA) is 17.1 Å². The zero-order valence-electron chi connectivity index (χ0n) is 2.26. The summed E-state index contributed by atoms with van der Waals surface area (Å²) in [5.41, 5.74) is 0. The first-order valence-electron chi connectivity index (χ1n) is 0.204. The summed E-state index contributed by atoms with van der Waals surface area (Å²) in [5.74, 6) is 0. The van der Waals surface area contributed by atoms with Gasteiger partial charge < -0.3 is 4.46 Å². The van der Waals surface area contributed by atoms with E-state index in [1.54, 1.807) is 10.1 Å². The van der Waals surface area contributed by atoms with Crippen LogP contribution in [0.3, 0.4) is 0 Å². The van der Waals surface area contributed by atoms with Crippen molar-refractivity contribution in [2.45, 2.75) is 0 Å². The Balaban J connectivity index is -0.00000000500. The molecule has 3 radical (unpaired) electrons. The van der Waals surface area contributed by atoms with Crippen molar-refractivity contribution < 1.29 is 21.5 Å². The molecule has 0 heterocycles. The smallest absolute Gasteiger partial charge is 0.381 e. The van der Waals surface area contributed by atoms with Gasteiger partial charge in [0.05, 0.1) is 0 Å². The number of rotatable bonds is 0. The van der Waals surface area contributed by atoms with Gasteiger partial charge in [-0.3, -0.25) is 0 Å². The largest absolute Gasteiger partial charge is 0.381 e. The van der Waals surface area contributed by atoms with Gasteiger partial charge in [0.1, 0.15) is 0 Å². The second kappa shape index (κ2) is 31.6. The van der Waals surface area contributed by atoms with E-state index >= 15 is 0 Å². The van der Waals surface area contributed by atoms with Crippen LogP contribution in [-0.4, -0.2) is 29.0 Å². The zero-order valence-corrected chi connectivity index (χ0v) is 4.37. The first kappa shape index (κ1) is 19.3. The third-order valence-corrected chi connectivity index (χ3v) is 0. The predicted molar refractivity (Wildman–Crippen MR) is 12.2 cm³/mol. The monoisotopic (exact) mass is 107 g/mol. The van der Waals surface area contributed by atoms with E-state index in [9.17, 15) is 0 Å². The van der Waals surface area contributed by atoms with Crippen molar-refractivity contribution in [1.29, 1.82) is 0 Å². The van der Waals surface area contributed by atoms with E-state index in [2.05, 4.69) is 0 Å². The molecule has 19 valence electrons. The fourth-order valence-corrected chi connectivity index (χ4v) is 0. The molecule has 0 spiro atoms. The van der Waals surface area contributed by atoms with Gasteiger partial charge in [0.2, 0.25) is 0 Å². The average molecular weight is 107 g/mol. The molecule has 0 atom stereocenters. The van der Waals surface area contributed by atoms with Crippen LogP contribution in [0.5, 0.6) is 0 Å². The second-order valence-electron chi connectivity index (χ2n) is 0. The molecule has 0 aliphatic rings. The third-order valence-electron chi connectivity index (χ3n) is 0. The molecule has 0 unspecified atom stereocenters. The summed E-state index contributed by atoms with van der Waals surface area (Å²) in [4.78, 5) is 0. The Morgan fingerprint density at radius 2 is 1.25 bits per heavy atom. The van der Waals surface area contributed by atoms with Crippen LogP contribution in [0.2, 0.25) is 0 Å². The summed E-state index contributed by atoms with van der Waals surface area (Å²) in [7, 11) is 1.72. The Hall–Kier alpha value is 1.13. The molecular formula is FeLiOSi. The molecule has 4 heavy (non-hydrogen) atoms. The molecule has 1 nitrogen and oxygen atoms in total. The minimum Gasteiger partial charge on any atom is -0.381 e. The quantitative estimate of drug-likeness (QED) is 0.367. The van der Waals surface area contributed by atoms with Gasteiger partial charge >= 0.3 is 10.1 Å². The van der Waals surface area contributed by atoms with Gasteiger partial charge in [-0.25, -0.2) is 0 Å². The van der Waals surface area contributed by atoms with Gasteiger partial charge in [-0.05, 0) is 0 Å². The van der Waals surface area contributed by atoms with Gasteiger partial charge in [0.25, 0.3) is 0 Å². The summed E-state index contributed by atoms with van der Waals surface area (Å²) in [5, 5.41) is 0. The predicted octanol–water partition coefficient (Wildman–Crippen LogP) is -0.883. The van der Waals surface area contributed by atoms with Crippen molar-refractivity contribution in [3.63, 3.8) is 0 Å². The van der Waals surface area contributed by atoms with Gasteiger partial charge in [-0.15, -0.1) is 0 Å². The van der Waals surface area contributed by atoms with Gasteiger partial charge in [-0.2, -0.15) is 0 Å². The Morgan fingerprint density at radius 3 is 1.25 bits per heavy atom. The van der Waals surface area contributed by atoms with Crippen molar-refractivity contribution in [2.24, 2.45) is 0 Å². The average Bonchev–Trinajstić information content (AvgIpc) is 1.00. The Bertz CT molecular complexity index is 8.00. The minimum absolute atomic E-state index is 0. The molecule has 0 saturated heterocycles. The van der Waals surface area contributed by atoms with Crippen LogP contribution in [0, 0.1) is 0 Å². The molecular weight excluding hydrogens is 107 g/mol. The van der Waals surface area contributed by atoms with Crippen molar-refractivity contribution in [2.75, 3.05) is 0 Å². The second-order valence-corrected chi connectivity index (χ2v) is 0. The maximum atomic E-state index is 8.06. The fourth-order valence-electron chi connectivity index (χ4n) is 0. The van der Waals surface area contributed by atoms with Crippen LogP contribution in [0.15, 0.2) is 0 Å². The van der Waals surface area contributed by atoms with Crippen molar-refractivity contribution in [3.8, 4) is 0 Å². The molecule has 0 aromatic heterocycles. The molecule has 0 rings (SSSR count).